The lowest BCUT2D eigenvalue weighted by Crippen LogP contribution is -2.48. The van der Waals surface area contributed by atoms with Crippen molar-refractivity contribution in [2.24, 2.45) is 0 Å². The van der Waals surface area contributed by atoms with Gasteiger partial charge in [0.05, 0.1) is 10.7 Å². The summed E-state index contributed by atoms with van der Waals surface area (Å²) in [5.74, 6) is -0.844. The van der Waals surface area contributed by atoms with Crippen LogP contribution in [0.5, 0.6) is 0 Å². The lowest BCUT2D eigenvalue weighted by Gasteiger charge is -2.17. The van der Waals surface area contributed by atoms with E-state index >= 15 is 0 Å². The van der Waals surface area contributed by atoms with E-state index < -0.39 is 25.6 Å². The van der Waals surface area contributed by atoms with Crippen LogP contribution in [-0.4, -0.2) is 31.5 Å². The molecule has 1 aromatic rings. The highest BCUT2D eigenvalue weighted by atomic mass is 16.5. The summed E-state index contributed by atoms with van der Waals surface area (Å²) in [5, 5.41) is 5.10. The predicted molar refractivity (Wildman–Crippen MR) is 72.4 cm³/mol. The van der Waals surface area contributed by atoms with Crippen LogP contribution in [0, 0.1) is 0 Å². The van der Waals surface area contributed by atoms with E-state index in [1.165, 1.54) is 0 Å². The maximum absolute atomic E-state index is 12.1. The van der Waals surface area contributed by atoms with Crippen molar-refractivity contribution in [1.29, 1.82) is 0 Å². The second-order valence-corrected chi connectivity index (χ2v) is 3.99. The Bertz CT molecular complexity index is 492. The molecule has 5 nitrogen and oxygen atoms in total. The van der Waals surface area contributed by atoms with Gasteiger partial charge in [-0.15, -0.1) is 0 Å². The SMILES string of the molecule is [2H]C([2H])([2H])OC[C@@H](NC(=O)CC)C(=O)NCc1ccccc1. The molecule has 1 rings (SSSR count). The summed E-state index contributed by atoms with van der Waals surface area (Å²) in [7, 11) is -2.62. The fraction of sp³-hybridized carbons (Fsp3) is 0.429. The number of amides is 2. The lowest BCUT2D eigenvalue weighted by atomic mass is 10.2. The molecule has 0 radical (unpaired) electrons. The molecular formula is C14H20N2O3. The molecule has 0 heterocycles. The fourth-order valence-corrected chi connectivity index (χ4v) is 1.47. The van der Waals surface area contributed by atoms with Gasteiger partial charge in [-0.05, 0) is 5.56 Å². The molecule has 0 fully saturated rings. The van der Waals surface area contributed by atoms with Crippen LogP contribution >= 0.6 is 0 Å². The van der Waals surface area contributed by atoms with Gasteiger partial charge in [-0.3, -0.25) is 9.59 Å². The van der Waals surface area contributed by atoms with E-state index in [9.17, 15) is 9.59 Å². The molecule has 2 amide bonds. The van der Waals surface area contributed by atoms with Crippen molar-refractivity contribution in [3.8, 4) is 0 Å². The monoisotopic (exact) mass is 267 g/mol. The van der Waals surface area contributed by atoms with Gasteiger partial charge in [0.25, 0.3) is 0 Å². The summed E-state index contributed by atoms with van der Waals surface area (Å²) in [6, 6.07) is 8.19. The minimum atomic E-state index is -2.62. The normalized spacial score (nSPS) is 14.7. The van der Waals surface area contributed by atoms with E-state index in [2.05, 4.69) is 15.4 Å². The van der Waals surface area contributed by atoms with Crippen molar-refractivity contribution in [2.75, 3.05) is 13.6 Å². The van der Waals surface area contributed by atoms with Crippen LogP contribution in [0.4, 0.5) is 0 Å². The molecule has 0 aliphatic heterocycles. The van der Waals surface area contributed by atoms with Crippen molar-refractivity contribution in [3.63, 3.8) is 0 Å². The van der Waals surface area contributed by atoms with Gasteiger partial charge in [-0.1, -0.05) is 37.3 Å². The maximum atomic E-state index is 12.1. The van der Waals surface area contributed by atoms with Crippen molar-refractivity contribution >= 4 is 11.8 Å². The van der Waals surface area contributed by atoms with Crippen LogP contribution in [0.15, 0.2) is 30.3 Å². The van der Waals surface area contributed by atoms with E-state index in [0.29, 0.717) is 0 Å². The Morgan fingerprint density at radius 1 is 1.37 bits per heavy atom. The van der Waals surface area contributed by atoms with Crippen LogP contribution in [0.2, 0.25) is 0 Å². The number of benzene rings is 1. The number of nitrogens with one attached hydrogen (secondary N) is 2. The third kappa shape index (κ3) is 5.52. The fourth-order valence-electron chi connectivity index (χ4n) is 1.47. The number of hydrogen-bond acceptors (Lipinski definition) is 3. The summed E-state index contributed by atoms with van der Waals surface area (Å²) in [6.07, 6.45) is 0.191. The molecule has 0 unspecified atom stereocenters. The highest BCUT2D eigenvalue weighted by molar-refractivity contribution is 5.87. The van der Waals surface area contributed by atoms with Crippen molar-refractivity contribution in [2.45, 2.75) is 25.9 Å². The summed E-state index contributed by atoms with van der Waals surface area (Å²) in [6.45, 7) is 1.51. The van der Waals surface area contributed by atoms with Crippen LogP contribution in [0.25, 0.3) is 0 Å². The molecule has 19 heavy (non-hydrogen) atoms. The third-order valence-corrected chi connectivity index (χ3v) is 2.53. The van der Waals surface area contributed by atoms with Crippen molar-refractivity contribution in [3.05, 3.63) is 35.9 Å². The van der Waals surface area contributed by atoms with Gasteiger partial charge in [0.1, 0.15) is 6.04 Å². The molecule has 0 saturated heterocycles. The summed E-state index contributed by atoms with van der Waals surface area (Å²) in [5.41, 5.74) is 0.896. The molecule has 2 N–H and O–H groups in total. The third-order valence-electron chi connectivity index (χ3n) is 2.53. The van der Waals surface area contributed by atoms with Crippen molar-refractivity contribution < 1.29 is 18.4 Å². The molecule has 0 aliphatic carbocycles. The van der Waals surface area contributed by atoms with Gasteiger partial charge < -0.3 is 15.4 Å². The number of methoxy groups -OCH3 is 1. The molecule has 0 saturated carbocycles. The molecular weight excluding hydrogens is 244 g/mol. The smallest absolute Gasteiger partial charge is 0.245 e. The van der Waals surface area contributed by atoms with Gasteiger partial charge >= 0.3 is 0 Å². The Balaban J connectivity index is 2.59. The Morgan fingerprint density at radius 3 is 2.74 bits per heavy atom. The molecule has 5 heteroatoms. The van der Waals surface area contributed by atoms with E-state index in [1.54, 1.807) is 6.92 Å². The molecule has 1 atom stereocenters. The molecule has 0 spiro atoms. The Morgan fingerprint density at radius 2 is 2.11 bits per heavy atom. The topological polar surface area (TPSA) is 67.4 Å². The van der Waals surface area contributed by atoms with Crippen LogP contribution in [0.3, 0.4) is 0 Å². The first kappa shape index (κ1) is 11.0. The standard InChI is InChI=1S/C14H20N2O3/c1-3-13(17)16-12(10-19-2)14(18)15-9-11-7-5-4-6-8-11/h4-8,12H,3,9-10H2,1-2H3,(H,15,18)(H,16,17)/t12-/m1/s1/i2D3. The summed E-state index contributed by atoms with van der Waals surface area (Å²) in [4.78, 5) is 23.5. The number of ether oxygens (including phenoxy) is 1. The summed E-state index contributed by atoms with van der Waals surface area (Å²) < 4.78 is 25.6. The van der Waals surface area contributed by atoms with Crippen LogP contribution in [-0.2, 0) is 20.9 Å². The number of rotatable bonds is 7. The average Bonchev–Trinajstić information content (AvgIpc) is 2.48. The zero-order valence-corrected chi connectivity index (χ0v) is 10.8. The van der Waals surface area contributed by atoms with E-state index in [0.717, 1.165) is 5.56 Å². The zero-order chi connectivity index (χ0) is 16.6. The van der Waals surface area contributed by atoms with Crippen molar-refractivity contribution in [1.82, 2.24) is 10.6 Å². The largest absolute Gasteiger partial charge is 0.382 e. The molecule has 1 aromatic carbocycles. The number of carbonyl (C=O) groups is 2. The van der Waals surface area contributed by atoms with Gasteiger partial charge in [-0.25, -0.2) is 0 Å². The Kier molecular flexibility index (Phi) is 4.78. The highest BCUT2D eigenvalue weighted by Gasteiger charge is 2.19. The quantitative estimate of drug-likeness (QED) is 0.769. The first-order chi connectivity index (χ1) is 10.3. The van der Waals surface area contributed by atoms with Gasteiger partial charge in [0, 0.05) is 20.0 Å². The minimum absolute atomic E-state index is 0.191. The highest BCUT2D eigenvalue weighted by Crippen LogP contribution is 1.98. The van der Waals surface area contributed by atoms with E-state index in [-0.39, 0.29) is 18.9 Å². The second kappa shape index (κ2) is 8.26. The molecule has 0 aliphatic rings. The average molecular weight is 267 g/mol. The lowest BCUT2D eigenvalue weighted by molar-refractivity contribution is -0.130. The van der Waals surface area contributed by atoms with E-state index in [4.69, 9.17) is 4.11 Å². The summed E-state index contributed by atoms with van der Waals surface area (Å²) >= 11 is 0. The zero-order valence-electron chi connectivity index (χ0n) is 13.8. The van der Waals surface area contributed by atoms with Gasteiger partial charge in [-0.2, -0.15) is 0 Å². The molecule has 0 bridgehead atoms. The number of carbonyl (C=O) groups excluding carboxylic acids is 2. The Labute approximate surface area is 117 Å². The van der Waals surface area contributed by atoms with Gasteiger partial charge in [0.15, 0.2) is 0 Å². The van der Waals surface area contributed by atoms with Gasteiger partial charge in [0.2, 0.25) is 11.8 Å². The predicted octanol–water partition coefficient (Wildman–Crippen LogP) is 0.844. The first-order valence-electron chi connectivity index (χ1n) is 7.57. The minimum Gasteiger partial charge on any atom is -0.382 e. The van der Waals surface area contributed by atoms with Crippen LogP contribution in [0.1, 0.15) is 23.0 Å². The second-order valence-electron chi connectivity index (χ2n) is 3.99. The number of hydrogen-bond donors (Lipinski definition) is 2. The maximum Gasteiger partial charge on any atom is 0.245 e. The first-order valence-corrected chi connectivity index (χ1v) is 6.07. The Hall–Kier alpha value is -1.88. The molecule has 104 valence electrons. The van der Waals surface area contributed by atoms with E-state index in [1.807, 2.05) is 30.3 Å². The van der Waals surface area contributed by atoms with Crippen LogP contribution < -0.4 is 10.6 Å². The molecule has 0 aromatic heterocycles.